The molecule has 0 unspecified atom stereocenters. The maximum Gasteiger partial charge on any atom is 0.232 e. The summed E-state index contributed by atoms with van der Waals surface area (Å²) in [6, 6.07) is 8.29. The van der Waals surface area contributed by atoms with Crippen LogP contribution in [-0.2, 0) is 9.59 Å². The molecule has 0 bridgehead atoms. The summed E-state index contributed by atoms with van der Waals surface area (Å²) < 4.78 is 0. The van der Waals surface area contributed by atoms with Gasteiger partial charge in [0.2, 0.25) is 11.8 Å². The quantitative estimate of drug-likeness (QED) is 0.754. The summed E-state index contributed by atoms with van der Waals surface area (Å²) in [7, 11) is 0. The fourth-order valence-electron chi connectivity index (χ4n) is 3.80. The molecule has 2 heterocycles. The molecule has 0 aliphatic carbocycles. The van der Waals surface area contributed by atoms with E-state index in [2.05, 4.69) is 36.1 Å². The maximum absolute atomic E-state index is 12.7. The van der Waals surface area contributed by atoms with Crippen molar-refractivity contribution in [3.8, 4) is 0 Å². The second-order valence-electron chi connectivity index (χ2n) is 7.50. The molecule has 2 fully saturated rings. The first kappa shape index (κ1) is 19.3. The van der Waals surface area contributed by atoms with Crippen LogP contribution < -0.4 is 0 Å². The SMILES string of the molecule is Cc1ccc(SCC(=O)N2CCC(C(=O)N3CCCCCC3)CC2)cc1. The highest BCUT2D eigenvalue weighted by Crippen LogP contribution is 2.24. The number of carbonyl (C=O) groups is 2. The summed E-state index contributed by atoms with van der Waals surface area (Å²) in [5, 5.41) is 0. The molecule has 1 aromatic carbocycles. The molecule has 0 radical (unpaired) electrons. The number of carbonyl (C=O) groups excluding carboxylic acids is 2. The minimum absolute atomic E-state index is 0.113. The molecule has 0 atom stereocenters. The van der Waals surface area contributed by atoms with E-state index in [9.17, 15) is 9.59 Å². The molecule has 2 saturated heterocycles. The minimum Gasteiger partial charge on any atom is -0.342 e. The van der Waals surface area contributed by atoms with E-state index < -0.39 is 0 Å². The van der Waals surface area contributed by atoms with Crippen LogP contribution >= 0.6 is 11.8 Å². The zero-order chi connectivity index (χ0) is 18.4. The van der Waals surface area contributed by atoms with E-state index in [1.54, 1.807) is 11.8 Å². The molecule has 2 aliphatic heterocycles. The van der Waals surface area contributed by atoms with Gasteiger partial charge in [0.25, 0.3) is 0 Å². The first-order chi connectivity index (χ1) is 12.6. The van der Waals surface area contributed by atoms with Gasteiger partial charge in [-0.3, -0.25) is 9.59 Å². The van der Waals surface area contributed by atoms with Crippen molar-refractivity contribution in [3.63, 3.8) is 0 Å². The third-order valence-corrected chi connectivity index (χ3v) is 6.49. The van der Waals surface area contributed by atoms with Gasteiger partial charge in [0.1, 0.15) is 0 Å². The Hall–Kier alpha value is -1.49. The Morgan fingerprint density at radius 2 is 1.54 bits per heavy atom. The molecule has 1 aromatic rings. The number of aryl methyl sites for hydroxylation is 1. The molecule has 26 heavy (non-hydrogen) atoms. The van der Waals surface area contributed by atoms with E-state index in [1.165, 1.54) is 18.4 Å². The van der Waals surface area contributed by atoms with E-state index in [-0.39, 0.29) is 11.8 Å². The molecule has 0 aromatic heterocycles. The summed E-state index contributed by atoms with van der Waals surface area (Å²) >= 11 is 1.60. The van der Waals surface area contributed by atoms with Crippen molar-refractivity contribution in [1.82, 2.24) is 9.80 Å². The lowest BCUT2D eigenvalue weighted by Crippen LogP contribution is -2.45. The monoisotopic (exact) mass is 374 g/mol. The number of amides is 2. The number of thioether (sulfide) groups is 1. The van der Waals surface area contributed by atoms with Gasteiger partial charge in [-0.05, 0) is 44.7 Å². The normalized spacial score (nSPS) is 19.3. The first-order valence-corrected chi connectivity index (χ1v) is 10.9. The van der Waals surface area contributed by atoms with Gasteiger partial charge in [-0.25, -0.2) is 0 Å². The molecule has 2 amide bonds. The molecule has 0 saturated carbocycles. The van der Waals surface area contributed by atoms with Gasteiger partial charge in [0.05, 0.1) is 5.75 Å². The standard InChI is InChI=1S/C21H30N2O2S/c1-17-6-8-19(9-7-17)26-16-20(24)22-14-10-18(11-15-22)21(25)23-12-4-2-3-5-13-23/h6-9,18H,2-5,10-16H2,1H3. The Morgan fingerprint density at radius 1 is 0.923 bits per heavy atom. The van der Waals surface area contributed by atoms with Gasteiger partial charge in [-0.15, -0.1) is 11.8 Å². The van der Waals surface area contributed by atoms with Crippen molar-refractivity contribution < 1.29 is 9.59 Å². The molecular weight excluding hydrogens is 344 g/mol. The topological polar surface area (TPSA) is 40.6 Å². The molecule has 4 nitrogen and oxygen atoms in total. The highest BCUT2D eigenvalue weighted by atomic mass is 32.2. The smallest absolute Gasteiger partial charge is 0.232 e. The molecule has 5 heteroatoms. The third kappa shape index (κ3) is 5.26. The van der Waals surface area contributed by atoms with Crippen molar-refractivity contribution in [3.05, 3.63) is 29.8 Å². The summed E-state index contributed by atoms with van der Waals surface area (Å²) in [6.45, 7) is 5.35. The minimum atomic E-state index is 0.113. The highest BCUT2D eigenvalue weighted by Gasteiger charge is 2.30. The largest absolute Gasteiger partial charge is 0.342 e. The van der Waals surface area contributed by atoms with Crippen molar-refractivity contribution in [2.75, 3.05) is 31.9 Å². The lowest BCUT2D eigenvalue weighted by molar-refractivity contribution is -0.139. The number of rotatable bonds is 4. The number of hydrogen-bond acceptors (Lipinski definition) is 3. The molecule has 0 spiro atoms. The Bertz CT molecular complexity index is 601. The van der Waals surface area contributed by atoms with E-state index in [0.29, 0.717) is 11.7 Å². The summed E-state index contributed by atoms with van der Waals surface area (Å²) in [5.41, 5.74) is 1.23. The lowest BCUT2D eigenvalue weighted by atomic mass is 9.95. The van der Waals surface area contributed by atoms with E-state index in [0.717, 1.165) is 56.8 Å². The van der Waals surface area contributed by atoms with Crippen molar-refractivity contribution in [2.45, 2.75) is 50.3 Å². The van der Waals surface area contributed by atoms with Gasteiger partial charge in [-0.2, -0.15) is 0 Å². The second-order valence-corrected chi connectivity index (χ2v) is 8.55. The average molecular weight is 375 g/mol. The fourth-order valence-corrected chi connectivity index (χ4v) is 4.60. The molecule has 142 valence electrons. The van der Waals surface area contributed by atoms with E-state index in [4.69, 9.17) is 0 Å². The number of hydrogen-bond donors (Lipinski definition) is 0. The van der Waals surface area contributed by atoms with Crippen LogP contribution in [0.3, 0.4) is 0 Å². The zero-order valence-corrected chi connectivity index (χ0v) is 16.6. The van der Waals surface area contributed by atoms with Crippen LogP contribution in [0.2, 0.25) is 0 Å². The molecule has 0 N–H and O–H groups in total. The van der Waals surface area contributed by atoms with Crippen LogP contribution in [0.15, 0.2) is 29.2 Å². The zero-order valence-electron chi connectivity index (χ0n) is 15.8. The van der Waals surface area contributed by atoms with Crippen LogP contribution in [0.4, 0.5) is 0 Å². The Kier molecular flexibility index (Phi) is 7.00. The molecule has 3 rings (SSSR count). The van der Waals surface area contributed by atoms with Gasteiger partial charge >= 0.3 is 0 Å². The third-order valence-electron chi connectivity index (χ3n) is 5.50. The van der Waals surface area contributed by atoms with Crippen LogP contribution in [0.5, 0.6) is 0 Å². The highest BCUT2D eigenvalue weighted by molar-refractivity contribution is 8.00. The van der Waals surface area contributed by atoms with Crippen LogP contribution in [-0.4, -0.2) is 53.5 Å². The summed E-state index contributed by atoms with van der Waals surface area (Å²) in [6.07, 6.45) is 6.40. The van der Waals surface area contributed by atoms with Gasteiger partial charge in [-0.1, -0.05) is 30.5 Å². The van der Waals surface area contributed by atoms with Crippen LogP contribution in [0, 0.1) is 12.8 Å². The van der Waals surface area contributed by atoms with Gasteiger partial charge in [0.15, 0.2) is 0 Å². The van der Waals surface area contributed by atoms with Crippen molar-refractivity contribution in [1.29, 1.82) is 0 Å². The van der Waals surface area contributed by atoms with Crippen LogP contribution in [0.25, 0.3) is 0 Å². The first-order valence-electron chi connectivity index (χ1n) is 9.89. The average Bonchev–Trinajstić information content (AvgIpc) is 2.96. The van der Waals surface area contributed by atoms with Gasteiger partial charge in [0, 0.05) is 37.0 Å². The number of benzene rings is 1. The predicted molar refractivity (Wildman–Crippen MR) is 106 cm³/mol. The Balaban J connectivity index is 1.43. The maximum atomic E-state index is 12.7. The van der Waals surface area contributed by atoms with E-state index in [1.807, 2.05) is 4.90 Å². The van der Waals surface area contributed by atoms with Crippen molar-refractivity contribution in [2.24, 2.45) is 5.92 Å². The Labute approximate surface area is 161 Å². The Morgan fingerprint density at radius 3 is 2.15 bits per heavy atom. The van der Waals surface area contributed by atoms with E-state index >= 15 is 0 Å². The molecular formula is C21H30N2O2S. The fraction of sp³-hybridized carbons (Fsp3) is 0.619. The number of piperidine rings is 1. The lowest BCUT2D eigenvalue weighted by Gasteiger charge is -2.34. The number of likely N-dealkylation sites (tertiary alicyclic amines) is 2. The second kappa shape index (κ2) is 9.45. The number of nitrogens with zero attached hydrogens (tertiary/aromatic N) is 2. The van der Waals surface area contributed by atoms with Crippen LogP contribution in [0.1, 0.15) is 44.1 Å². The predicted octanol–water partition coefficient (Wildman–Crippen LogP) is 3.73. The van der Waals surface area contributed by atoms with Crippen molar-refractivity contribution >= 4 is 23.6 Å². The summed E-state index contributed by atoms with van der Waals surface area (Å²) in [4.78, 5) is 30.4. The summed E-state index contributed by atoms with van der Waals surface area (Å²) in [5.74, 6) is 1.11. The molecule has 2 aliphatic rings. The van der Waals surface area contributed by atoms with Gasteiger partial charge < -0.3 is 9.80 Å².